The molecule has 0 amide bonds. The average Bonchev–Trinajstić information content (AvgIpc) is 2.12. The molecule has 2 N–H and O–H groups in total. The van der Waals surface area contributed by atoms with Gasteiger partial charge in [0.05, 0.1) is 0 Å². The van der Waals surface area contributed by atoms with Crippen LogP contribution >= 0.6 is 0 Å². The number of aromatic nitrogens is 2. The summed E-state index contributed by atoms with van der Waals surface area (Å²) in [5, 5.41) is 0. The molecule has 0 unspecified atom stereocenters. The molecule has 0 spiro atoms. The Morgan fingerprint density at radius 2 is 1.94 bits per heavy atom. The monoisotopic (exact) mass is 220 g/mol. The third-order valence-electron chi connectivity index (χ3n) is 3.11. The Balaban J connectivity index is 2.22. The summed E-state index contributed by atoms with van der Waals surface area (Å²) in [6, 6.07) is 2.61. The van der Waals surface area contributed by atoms with Gasteiger partial charge in [-0.05, 0) is 39.2 Å². The van der Waals surface area contributed by atoms with Crippen LogP contribution in [0, 0.1) is 13.8 Å². The van der Waals surface area contributed by atoms with Gasteiger partial charge in [-0.15, -0.1) is 0 Å². The number of nitrogens with two attached hydrogens (primary N) is 1. The van der Waals surface area contributed by atoms with Crippen LogP contribution in [-0.4, -0.2) is 29.1 Å². The molecule has 1 aliphatic carbocycles. The number of nitrogens with zero attached hydrogens (tertiary/aromatic N) is 3. The van der Waals surface area contributed by atoms with E-state index in [0.29, 0.717) is 12.6 Å². The van der Waals surface area contributed by atoms with Gasteiger partial charge in [0.25, 0.3) is 0 Å². The first-order valence-corrected chi connectivity index (χ1v) is 5.99. The van der Waals surface area contributed by atoms with Crippen LogP contribution in [0.1, 0.15) is 30.7 Å². The summed E-state index contributed by atoms with van der Waals surface area (Å²) in [6.07, 6.45) is 3.81. The van der Waals surface area contributed by atoms with Crippen molar-refractivity contribution in [3.05, 3.63) is 17.5 Å². The summed E-state index contributed by atoms with van der Waals surface area (Å²) >= 11 is 0. The topological polar surface area (TPSA) is 55.0 Å². The quantitative estimate of drug-likeness (QED) is 0.833. The largest absolute Gasteiger partial charge is 0.337 e. The van der Waals surface area contributed by atoms with Gasteiger partial charge in [-0.2, -0.15) is 0 Å². The van der Waals surface area contributed by atoms with E-state index in [1.54, 1.807) is 0 Å². The van der Waals surface area contributed by atoms with E-state index >= 15 is 0 Å². The summed E-state index contributed by atoms with van der Waals surface area (Å²) in [4.78, 5) is 11.3. The average molecular weight is 220 g/mol. The highest BCUT2D eigenvalue weighted by atomic mass is 15.3. The normalized spacial score (nSPS) is 15.9. The molecule has 1 aliphatic rings. The predicted molar refractivity (Wildman–Crippen MR) is 65.5 cm³/mol. The number of rotatable bonds is 4. The Kier molecular flexibility index (Phi) is 3.39. The van der Waals surface area contributed by atoms with Crippen LogP contribution in [0.3, 0.4) is 0 Å². The maximum Gasteiger partial charge on any atom is 0.226 e. The Labute approximate surface area is 96.9 Å². The van der Waals surface area contributed by atoms with E-state index in [1.807, 2.05) is 19.9 Å². The molecule has 0 aromatic carbocycles. The number of hydrogen-bond acceptors (Lipinski definition) is 4. The predicted octanol–water partition coefficient (Wildman–Crippen LogP) is 1.41. The Morgan fingerprint density at radius 3 is 2.38 bits per heavy atom. The fourth-order valence-corrected chi connectivity index (χ4v) is 2.12. The first-order valence-electron chi connectivity index (χ1n) is 5.99. The van der Waals surface area contributed by atoms with Crippen LogP contribution in [0.5, 0.6) is 0 Å². The standard InChI is InChI=1S/C12H20N4/c1-9-8-10(2)15-12(14-9)16(7-6-13)11-4-3-5-11/h8,11H,3-7,13H2,1-2H3. The highest BCUT2D eigenvalue weighted by molar-refractivity contribution is 5.34. The minimum Gasteiger partial charge on any atom is -0.337 e. The molecule has 0 atom stereocenters. The van der Waals surface area contributed by atoms with E-state index in [2.05, 4.69) is 14.9 Å². The number of aryl methyl sites for hydroxylation is 2. The van der Waals surface area contributed by atoms with Crippen molar-refractivity contribution in [2.45, 2.75) is 39.2 Å². The highest BCUT2D eigenvalue weighted by Gasteiger charge is 2.26. The molecule has 4 heteroatoms. The van der Waals surface area contributed by atoms with Crippen molar-refractivity contribution in [1.82, 2.24) is 9.97 Å². The van der Waals surface area contributed by atoms with E-state index in [-0.39, 0.29) is 0 Å². The zero-order valence-electron chi connectivity index (χ0n) is 10.1. The molecule has 0 saturated heterocycles. The van der Waals surface area contributed by atoms with Crippen molar-refractivity contribution in [3.63, 3.8) is 0 Å². The molecule has 1 fully saturated rings. The van der Waals surface area contributed by atoms with Crippen molar-refractivity contribution in [3.8, 4) is 0 Å². The van der Waals surface area contributed by atoms with Crippen LogP contribution in [0.4, 0.5) is 5.95 Å². The van der Waals surface area contributed by atoms with Gasteiger partial charge >= 0.3 is 0 Å². The minimum atomic E-state index is 0.602. The molecule has 2 rings (SSSR count). The summed E-state index contributed by atoms with van der Waals surface area (Å²) in [7, 11) is 0. The fraction of sp³-hybridized carbons (Fsp3) is 0.667. The Bertz CT molecular complexity index is 340. The lowest BCUT2D eigenvalue weighted by atomic mass is 9.91. The van der Waals surface area contributed by atoms with Crippen LogP contribution in [-0.2, 0) is 0 Å². The lowest BCUT2D eigenvalue weighted by Gasteiger charge is -2.37. The van der Waals surface area contributed by atoms with Crippen LogP contribution in [0.15, 0.2) is 6.07 Å². The molecular weight excluding hydrogens is 200 g/mol. The minimum absolute atomic E-state index is 0.602. The first kappa shape index (κ1) is 11.3. The fourth-order valence-electron chi connectivity index (χ4n) is 2.12. The van der Waals surface area contributed by atoms with Crippen molar-refractivity contribution in [2.24, 2.45) is 5.73 Å². The van der Waals surface area contributed by atoms with Crippen LogP contribution in [0.25, 0.3) is 0 Å². The molecule has 1 aromatic rings. The molecule has 0 radical (unpaired) electrons. The second-order valence-electron chi connectivity index (χ2n) is 4.52. The Hall–Kier alpha value is -1.16. The molecule has 16 heavy (non-hydrogen) atoms. The summed E-state index contributed by atoms with van der Waals surface area (Å²) in [6.45, 7) is 5.54. The number of hydrogen-bond donors (Lipinski definition) is 1. The van der Waals surface area contributed by atoms with E-state index < -0.39 is 0 Å². The summed E-state index contributed by atoms with van der Waals surface area (Å²) in [5.41, 5.74) is 7.72. The molecule has 1 heterocycles. The van der Waals surface area contributed by atoms with Gasteiger partial charge in [-0.25, -0.2) is 9.97 Å². The first-order chi connectivity index (χ1) is 7.70. The maximum atomic E-state index is 5.66. The van der Waals surface area contributed by atoms with Crippen LogP contribution < -0.4 is 10.6 Å². The van der Waals surface area contributed by atoms with Gasteiger partial charge in [0.2, 0.25) is 5.95 Å². The zero-order valence-corrected chi connectivity index (χ0v) is 10.1. The lowest BCUT2D eigenvalue weighted by Crippen LogP contribution is -2.44. The van der Waals surface area contributed by atoms with Crippen molar-refractivity contribution in [2.75, 3.05) is 18.0 Å². The van der Waals surface area contributed by atoms with Gasteiger partial charge in [0.15, 0.2) is 0 Å². The van der Waals surface area contributed by atoms with Crippen molar-refractivity contribution in [1.29, 1.82) is 0 Å². The van der Waals surface area contributed by atoms with Gasteiger partial charge < -0.3 is 10.6 Å². The van der Waals surface area contributed by atoms with Gasteiger partial charge in [-0.3, -0.25) is 0 Å². The van der Waals surface area contributed by atoms with Gasteiger partial charge in [0, 0.05) is 30.5 Å². The molecule has 4 nitrogen and oxygen atoms in total. The Morgan fingerprint density at radius 1 is 1.31 bits per heavy atom. The summed E-state index contributed by atoms with van der Waals surface area (Å²) in [5.74, 6) is 0.854. The zero-order chi connectivity index (χ0) is 11.5. The smallest absolute Gasteiger partial charge is 0.226 e. The highest BCUT2D eigenvalue weighted by Crippen LogP contribution is 2.27. The van der Waals surface area contributed by atoms with E-state index in [0.717, 1.165) is 23.9 Å². The molecule has 1 aromatic heterocycles. The maximum absolute atomic E-state index is 5.66. The third-order valence-corrected chi connectivity index (χ3v) is 3.11. The van der Waals surface area contributed by atoms with E-state index in [4.69, 9.17) is 5.73 Å². The van der Waals surface area contributed by atoms with Gasteiger partial charge in [-0.1, -0.05) is 0 Å². The SMILES string of the molecule is Cc1cc(C)nc(N(CCN)C2CCC2)n1. The number of anilines is 1. The summed E-state index contributed by atoms with van der Waals surface area (Å²) < 4.78 is 0. The van der Waals surface area contributed by atoms with E-state index in [1.165, 1.54) is 19.3 Å². The second-order valence-corrected chi connectivity index (χ2v) is 4.52. The van der Waals surface area contributed by atoms with Gasteiger partial charge in [0.1, 0.15) is 0 Å². The second kappa shape index (κ2) is 4.78. The lowest BCUT2D eigenvalue weighted by molar-refractivity contribution is 0.383. The van der Waals surface area contributed by atoms with Crippen molar-refractivity contribution >= 4 is 5.95 Å². The molecule has 0 aliphatic heterocycles. The van der Waals surface area contributed by atoms with Crippen LogP contribution in [0.2, 0.25) is 0 Å². The molecule has 0 bridgehead atoms. The van der Waals surface area contributed by atoms with E-state index in [9.17, 15) is 0 Å². The third kappa shape index (κ3) is 2.32. The van der Waals surface area contributed by atoms with Crippen molar-refractivity contribution < 1.29 is 0 Å². The molecule has 88 valence electrons. The molecular formula is C12H20N4. The molecule has 1 saturated carbocycles.